The Morgan fingerprint density at radius 3 is 2.00 bits per heavy atom. The molecule has 65 heavy (non-hydrogen) atoms. The molecule has 0 spiro atoms. The number of imide groups is 1. The van der Waals surface area contributed by atoms with E-state index in [-0.39, 0.29) is 48.6 Å². The number of hydrogen-bond acceptors (Lipinski definition) is 9. The number of carbonyl (C=O) groups is 4. The van der Waals surface area contributed by atoms with E-state index in [9.17, 15) is 14.7 Å². The molecule has 1 saturated heterocycles. The molecule has 10 nitrogen and oxygen atoms in total. The van der Waals surface area contributed by atoms with Gasteiger partial charge in [-0.3, -0.25) is 24.1 Å². The van der Waals surface area contributed by atoms with Crippen molar-refractivity contribution in [2.75, 3.05) is 23.9 Å². The number of carbonyl (C=O) groups excluding carboxylic acids is 4. The van der Waals surface area contributed by atoms with E-state index in [1.54, 1.807) is 42.5 Å². The number of ketones is 2. The number of azo groups is 1. The number of benzene rings is 6. The molecule has 0 radical (unpaired) electrons. The molecular formula is C55H46N4O6. The molecule has 0 bridgehead atoms. The minimum Gasteiger partial charge on any atom is -0.508 e. The van der Waals surface area contributed by atoms with Crippen molar-refractivity contribution in [3.63, 3.8) is 0 Å². The number of phenols is 1. The number of ether oxygens (including phenoxy) is 1. The number of amides is 2. The lowest BCUT2D eigenvalue weighted by molar-refractivity contribution is -0.135. The van der Waals surface area contributed by atoms with Crippen molar-refractivity contribution < 1.29 is 29.0 Å². The first-order valence-electron chi connectivity index (χ1n) is 21.9. The molecule has 2 amide bonds. The van der Waals surface area contributed by atoms with Crippen molar-refractivity contribution in [1.82, 2.24) is 0 Å². The lowest BCUT2D eigenvalue weighted by Crippen LogP contribution is -2.58. The monoisotopic (exact) mass is 858 g/mol. The predicted molar refractivity (Wildman–Crippen MR) is 249 cm³/mol. The Morgan fingerprint density at radius 2 is 1.35 bits per heavy atom. The summed E-state index contributed by atoms with van der Waals surface area (Å²) in [6, 6.07) is 47.9. The largest absolute Gasteiger partial charge is 0.508 e. The first kappa shape index (κ1) is 41.3. The fraction of sp³-hybridized carbons (Fsp3) is 0.200. The smallest absolute Gasteiger partial charge is 0.238 e. The van der Waals surface area contributed by atoms with Gasteiger partial charge < -0.3 is 14.7 Å². The number of rotatable bonds is 10. The molecule has 0 aromatic heterocycles. The summed E-state index contributed by atoms with van der Waals surface area (Å²) >= 11 is 0. The van der Waals surface area contributed by atoms with Gasteiger partial charge in [0, 0.05) is 48.8 Å². The van der Waals surface area contributed by atoms with Gasteiger partial charge in [-0.25, -0.2) is 0 Å². The molecule has 10 rings (SSSR count). The summed E-state index contributed by atoms with van der Waals surface area (Å²) in [7, 11) is 3.93. The Balaban J connectivity index is 1.04. The zero-order valence-corrected chi connectivity index (χ0v) is 36.0. The quantitative estimate of drug-likeness (QED) is 0.0825. The third kappa shape index (κ3) is 7.15. The molecule has 0 unspecified atom stereocenters. The summed E-state index contributed by atoms with van der Waals surface area (Å²) < 4.78 is 6.12. The van der Waals surface area contributed by atoms with Crippen LogP contribution in [0.4, 0.5) is 22.7 Å². The second-order valence-corrected chi connectivity index (χ2v) is 17.4. The number of anilines is 2. The molecule has 2 fully saturated rings. The van der Waals surface area contributed by atoms with E-state index in [2.05, 4.69) is 10.2 Å². The SMILES string of the molecule is CN(C)c1ccc(N=Nc2ccc(N3C(=O)[C@H]4[C@H](CC=C5[C@H]4C[C@H]4C(=O)C(c6ccccc6)=CC(=O)[C@@]4(c4ccccc4)[C@H]5c4ccc(OCc5ccccc5)cc4O)C3=O)cc2)cc1. The van der Waals surface area contributed by atoms with Crippen LogP contribution < -0.4 is 14.5 Å². The Labute approximate surface area is 377 Å². The van der Waals surface area contributed by atoms with E-state index in [1.165, 1.54) is 11.0 Å². The molecule has 322 valence electrons. The number of hydrogen-bond donors (Lipinski definition) is 1. The molecule has 6 atom stereocenters. The molecule has 4 aliphatic rings. The Bertz CT molecular complexity index is 2910. The van der Waals surface area contributed by atoms with E-state index in [0.29, 0.717) is 45.1 Å². The normalized spacial score (nSPS) is 23.7. The van der Waals surface area contributed by atoms with Crippen molar-refractivity contribution in [2.45, 2.75) is 30.8 Å². The van der Waals surface area contributed by atoms with Crippen LogP contribution in [0.2, 0.25) is 0 Å². The van der Waals surface area contributed by atoms with Crippen LogP contribution in [-0.4, -0.2) is 42.6 Å². The minimum atomic E-state index is -1.49. The van der Waals surface area contributed by atoms with E-state index in [4.69, 9.17) is 4.74 Å². The number of phenolic OH excluding ortho intramolecular Hbond substituents is 1. The van der Waals surface area contributed by atoms with Gasteiger partial charge in [0.2, 0.25) is 11.8 Å². The highest BCUT2D eigenvalue weighted by atomic mass is 16.5. The van der Waals surface area contributed by atoms with Crippen LogP contribution in [0.1, 0.15) is 41.0 Å². The second kappa shape index (κ2) is 16.8. The van der Waals surface area contributed by atoms with Crippen LogP contribution in [0.3, 0.4) is 0 Å². The molecule has 1 N–H and O–H groups in total. The first-order valence-corrected chi connectivity index (χ1v) is 21.9. The maximum Gasteiger partial charge on any atom is 0.238 e. The van der Waals surface area contributed by atoms with E-state index in [0.717, 1.165) is 16.8 Å². The lowest BCUT2D eigenvalue weighted by atomic mass is 9.44. The van der Waals surface area contributed by atoms with E-state index < -0.39 is 35.0 Å². The maximum absolute atomic E-state index is 15.4. The Hall–Kier alpha value is -7.72. The highest BCUT2D eigenvalue weighted by Gasteiger charge is 2.66. The molecule has 10 heteroatoms. The van der Waals surface area contributed by atoms with Gasteiger partial charge in [-0.2, -0.15) is 10.2 Å². The van der Waals surface area contributed by atoms with Crippen LogP contribution in [-0.2, 0) is 31.2 Å². The first-order chi connectivity index (χ1) is 31.6. The van der Waals surface area contributed by atoms with Crippen LogP contribution in [0.15, 0.2) is 186 Å². The van der Waals surface area contributed by atoms with Crippen molar-refractivity contribution in [1.29, 1.82) is 0 Å². The average molecular weight is 859 g/mol. The maximum atomic E-state index is 15.4. The zero-order chi connectivity index (χ0) is 44.8. The minimum absolute atomic E-state index is 0.102. The molecule has 6 aromatic carbocycles. The van der Waals surface area contributed by atoms with Crippen molar-refractivity contribution >= 4 is 51.7 Å². The standard InChI is InChI=1S/C55H46N4O6/c1-58(2)39-22-18-37(19-23-39)56-57-38-20-24-40(25-21-38)59-53(63)44-29-28-42-46(50(44)54(59)64)31-47-52(62)45(35-14-8-4-9-15-35)32-49(61)55(47,36-16-10-5-11-17-36)51(42)43-27-26-41(30-48(43)60)65-33-34-12-6-3-7-13-34/h3-28,30,32,44,46-47,50-51,60H,29,31,33H2,1-2H3/t44-,46+,47-,50-,51+,55-/m0/s1. The lowest BCUT2D eigenvalue weighted by Gasteiger charge is -2.55. The van der Waals surface area contributed by atoms with Gasteiger partial charge in [0.25, 0.3) is 0 Å². The van der Waals surface area contributed by atoms with Crippen molar-refractivity contribution in [2.24, 2.45) is 33.9 Å². The fourth-order valence-electron chi connectivity index (χ4n) is 10.7. The second-order valence-electron chi connectivity index (χ2n) is 17.4. The fourth-order valence-corrected chi connectivity index (χ4v) is 10.7. The zero-order valence-electron chi connectivity index (χ0n) is 36.0. The summed E-state index contributed by atoms with van der Waals surface area (Å²) in [5.41, 5.74) is 4.93. The van der Waals surface area contributed by atoms with Crippen LogP contribution in [0, 0.1) is 23.7 Å². The summed E-state index contributed by atoms with van der Waals surface area (Å²) in [4.78, 5) is 63.5. The van der Waals surface area contributed by atoms with Gasteiger partial charge in [-0.15, -0.1) is 0 Å². The van der Waals surface area contributed by atoms with E-state index >= 15 is 9.59 Å². The topological polar surface area (TPSA) is 129 Å². The molecule has 1 heterocycles. The summed E-state index contributed by atoms with van der Waals surface area (Å²) in [6.45, 7) is 0.278. The van der Waals surface area contributed by atoms with Gasteiger partial charge in [-0.05, 0) is 96.1 Å². The number of aromatic hydroxyl groups is 1. The van der Waals surface area contributed by atoms with Crippen LogP contribution in [0.25, 0.3) is 5.57 Å². The Kier molecular flexibility index (Phi) is 10.7. The predicted octanol–water partition coefficient (Wildman–Crippen LogP) is 10.5. The highest BCUT2D eigenvalue weighted by molar-refractivity contribution is 6.32. The summed E-state index contributed by atoms with van der Waals surface area (Å²) in [5.74, 6) is -4.76. The molecular weight excluding hydrogens is 813 g/mol. The van der Waals surface area contributed by atoms with Crippen molar-refractivity contribution in [3.8, 4) is 11.5 Å². The number of Topliss-reactive ketones (excluding diaryl/α,β-unsaturated/α-hetero) is 1. The van der Waals surface area contributed by atoms with Gasteiger partial charge in [0.1, 0.15) is 18.1 Å². The molecule has 3 aliphatic carbocycles. The van der Waals surface area contributed by atoms with Gasteiger partial charge in [0.05, 0.1) is 34.3 Å². The number of allylic oxidation sites excluding steroid dienone is 4. The van der Waals surface area contributed by atoms with Gasteiger partial charge in [-0.1, -0.05) is 109 Å². The molecule has 6 aromatic rings. The highest BCUT2D eigenvalue weighted by Crippen LogP contribution is 2.64. The third-order valence-corrected chi connectivity index (χ3v) is 13.7. The number of fused-ring (bicyclic) bond motifs is 4. The van der Waals surface area contributed by atoms with Gasteiger partial charge >= 0.3 is 0 Å². The Morgan fingerprint density at radius 1 is 0.723 bits per heavy atom. The molecule has 1 saturated carbocycles. The van der Waals surface area contributed by atoms with Crippen LogP contribution in [0.5, 0.6) is 11.5 Å². The van der Waals surface area contributed by atoms with E-state index in [1.807, 2.05) is 140 Å². The molecule has 1 aliphatic heterocycles. The number of nitrogens with zero attached hydrogens (tertiary/aromatic N) is 4. The summed E-state index contributed by atoms with van der Waals surface area (Å²) in [6.07, 6.45) is 3.86. The average Bonchev–Trinajstić information content (AvgIpc) is 3.60. The van der Waals surface area contributed by atoms with Gasteiger partial charge in [0.15, 0.2) is 11.6 Å². The van der Waals surface area contributed by atoms with Crippen LogP contribution >= 0.6 is 0 Å². The van der Waals surface area contributed by atoms with Crippen molar-refractivity contribution in [3.05, 3.63) is 198 Å². The summed E-state index contributed by atoms with van der Waals surface area (Å²) in [5, 5.41) is 20.9. The third-order valence-electron chi connectivity index (χ3n) is 13.7.